The number of hydrogen-bond donors (Lipinski definition) is 1. The Hall–Kier alpha value is -1.52. The lowest BCUT2D eigenvalue weighted by Gasteiger charge is -2.26. The topological polar surface area (TPSA) is 48.1 Å². The van der Waals surface area contributed by atoms with Crippen molar-refractivity contribution in [3.05, 3.63) is 42.1 Å². The summed E-state index contributed by atoms with van der Waals surface area (Å²) in [5, 5.41) is 0.835. The van der Waals surface area contributed by atoms with Crippen LogP contribution in [-0.4, -0.2) is 25.2 Å². The molecule has 19 heavy (non-hydrogen) atoms. The molecule has 2 aromatic rings. The maximum Gasteiger partial charge on any atom is 0.159 e. The van der Waals surface area contributed by atoms with Gasteiger partial charge in [-0.25, -0.2) is 4.39 Å². The lowest BCUT2D eigenvalue weighted by molar-refractivity contribution is 0.0315. The molecule has 2 N–H and O–H groups in total. The molecular formula is C15H19FN2O. The van der Waals surface area contributed by atoms with Crippen molar-refractivity contribution in [2.24, 2.45) is 5.73 Å². The second-order valence-electron chi connectivity index (χ2n) is 4.67. The third-order valence-corrected chi connectivity index (χ3v) is 3.28. The van der Waals surface area contributed by atoms with Gasteiger partial charge in [-0.05, 0) is 31.5 Å². The highest BCUT2D eigenvalue weighted by Crippen LogP contribution is 2.35. The second kappa shape index (κ2) is 6.08. The van der Waals surface area contributed by atoms with Crippen molar-refractivity contribution < 1.29 is 9.13 Å². The van der Waals surface area contributed by atoms with E-state index in [2.05, 4.69) is 4.98 Å². The monoisotopic (exact) mass is 262 g/mol. The smallest absolute Gasteiger partial charge is 0.159 e. The van der Waals surface area contributed by atoms with Gasteiger partial charge in [-0.1, -0.05) is 18.2 Å². The summed E-state index contributed by atoms with van der Waals surface area (Å²) in [6.45, 7) is 0.499. The molecule has 4 heteroatoms. The minimum absolute atomic E-state index is 0.0288. The molecule has 0 saturated heterocycles. The van der Waals surface area contributed by atoms with Crippen molar-refractivity contribution in [2.75, 3.05) is 20.3 Å². The van der Waals surface area contributed by atoms with Crippen LogP contribution in [0.4, 0.5) is 4.39 Å². The number of methoxy groups -OCH3 is 1. The number of fused-ring (bicyclic) bond motifs is 1. The highest BCUT2D eigenvalue weighted by Gasteiger charge is 2.33. The molecule has 1 atom stereocenters. The molecule has 1 aromatic carbocycles. The molecule has 102 valence electrons. The van der Waals surface area contributed by atoms with Crippen molar-refractivity contribution in [1.82, 2.24) is 4.98 Å². The van der Waals surface area contributed by atoms with Crippen LogP contribution in [0, 0.1) is 0 Å². The van der Waals surface area contributed by atoms with Crippen molar-refractivity contribution in [2.45, 2.75) is 18.5 Å². The molecule has 0 bridgehead atoms. The average molecular weight is 262 g/mol. The number of nitrogens with two attached hydrogens (primary N) is 1. The van der Waals surface area contributed by atoms with Gasteiger partial charge < -0.3 is 10.5 Å². The molecule has 1 aromatic heterocycles. The first-order valence-electron chi connectivity index (χ1n) is 6.43. The summed E-state index contributed by atoms with van der Waals surface area (Å²) in [4.78, 5) is 4.26. The Kier molecular flexibility index (Phi) is 4.45. The van der Waals surface area contributed by atoms with Crippen LogP contribution in [0.5, 0.6) is 0 Å². The quantitative estimate of drug-likeness (QED) is 0.870. The fraction of sp³-hybridized carbons (Fsp3) is 0.400. The molecule has 3 nitrogen and oxygen atoms in total. The fourth-order valence-corrected chi connectivity index (χ4v) is 2.39. The predicted octanol–water partition coefficient (Wildman–Crippen LogP) is 2.78. The molecule has 1 unspecified atom stereocenters. The van der Waals surface area contributed by atoms with Crippen molar-refractivity contribution in [3.8, 4) is 0 Å². The number of nitrogens with zero attached hydrogens (tertiary/aromatic N) is 1. The summed E-state index contributed by atoms with van der Waals surface area (Å²) in [5.74, 6) is 0. The number of ether oxygens (including phenoxy) is 1. The molecule has 0 aliphatic carbocycles. The van der Waals surface area contributed by atoms with E-state index in [1.54, 1.807) is 12.3 Å². The number of halogens is 1. The fourth-order valence-electron chi connectivity index (χ4n) is 2.39. The summed E-state index contributed by atoms with van der Waals surface area (Å²) in [6, 6.07) is 9.23. The molecule has 0 saturated carbocycles. The van der Waals surface area contributed by atoms with Crippen molar-refractivity contribution >= 4 is 10.9 Å². The van der Waals surface area contributed by atoms with Gasteiger partial charge in [0, 0.05) is 24.3 Å². The van der Waals surface area contributed by atoms with Crippen molar-refractivity contribution in [1.29, 1.82) is 0 Å². The number of benzene rings is 1. The molecular weight excluding hydrogens is 243 g/mol. The standard InChI is InChI=1S/C15H19FN2O/c1-19-11-15(16,8-4-9-17)13-6-2-7-14-12(13)5-3-10-18-14/h2-3,5-7,10H,4,8-9,11,17H2,1H3. The van der Waals surface area contributed by atoms with Gasteiger partial charge in [0.25, 0.3) is 0 Å². The first-order chi connectivity index (χ1) is 9.21. The lowest BCUT2D eigenvalue weighted by Crippen LogP contribution is -2.27. The Balaban J connectivity index is 2.49. The Bertz CT molecular complexity index is 541. The normalized spacial score (nSPS) is 14.5. The van der Waals surface area contributed by atoms with Crippen LogP contribution in [0.2, 0.25) is 0 Å². The zero-order valence-corrected chi connectivity index (χ0v) is 11.1. The summed E-state index contributed by atoms with van der Waals surface area (Å²) in [7, 11) is 1.51. The third-order valence-electron chi connectivity index (χ3n) is 3.28. The number of hydrogen-bond acceptors (Lipinski definition) is 3. The minimum Gasteiger partial charge on any atom is -0.381 e. The zero-order chi connectivity index (χ0) is 13.7. The minimum atomic E-state index is -1.52. The van der Waals surface area contributed by atoms with Gasteiger partial charge in [-0.3, -0.25) is 4.98 Å². The first kappa shape index (κ1) is 13.9. The maximum absolute atomic E-state index is 15.2. The van der Waals surface area contributed by atoms with Crippen LogP contribution in [0.25, 0.3) is 10.9 Å². The third kappa shape index (κ3) is 2.91. The van der Waals surface area contributed by atoms with Gasteiger partial charge >= 0.3 is 0 Å². The number of rotatable bonds is 6. The number of pyridine rings is 1. The highest BCUT2D eigenvalue weighted by molar-refractivity contribution is 5.82. The van der Waals surface area contributed by atoms with E-state index < -0.39 is 5.67 Å². The average Bonchev–Trinajstić information content (AvgIpc) is 2.45. The van der Waals surface area contributed by atoms with E-state index in [1.165, 1.54) is 7.11 Å². The van der Waals surface area contributed by atoms with E-state index in [0.29, 0.717) is 24.9 Å². The summed E-state index contributed by atoms with van der Waals surface area (Å²) < 4.78 is 20.3. The van der Waals surface area contributed by atoms with Crippen molar-refractivity contribution in [3.63, 3.8) is 0 Å². The summed E-state index contributed by atoms with van der Waals surface area (Å²) in [5.41, 5.74) is 5.42. The molecule has 0 radical (unpaired) electrons. The van der Waals surface area contributed by atoms with Crippen LogP contribution in [-0.2, 0) is 10.4 Å². The van der Waals surface area contributed by atoms with Crippen LogP contribution in [0.3, 0.4) is 0 Å². The van der Waals surface area contributed by atoms with E-state index in [1.807, 2.05) is 24.3 Å². The van der Waals surface area contributed by atoms with E-state index in [-0.39, 0.29) is 6.61 Å². The van der Waals surface area contributed by atoms with E-state index in [0.717, 1.165) is 10.9 Å². The Morgan fingerprint density at radius 2 is 2.16 bits per heavy atom. The number of alkyl halides is 1. The number of aromatic nitrogens is 1. The molecule has 0 aliphatic rings. The Morgan fingerprint density at radius 3 is 2.89 bits per heavy atom. The van der Waals surface area contributed by atoms with Crippen LogP contribution < -0.4 is 5.73 Å². The Morgan fingerprint density at radius 1 is 1.32 bits per heavy atom. The molecule has 1 heterocycles. The highest BCUT2D eigenvalue weighted by atomic mass is 19.1. The maximum atomic E-state index is 15.2. The van der Waals surface area contributed by atoms with Gasteiger partial charge in [0.15, 0.2) is 5.67 Å². The Labute approximate surface area is 112 Å². The van der Waals surface area contributed by atoms with Crippen LogP contribution in [0.15, 0.2) is 36.5 Å². The molecule has 0 fully saturated rings. The van der Waals surface area contributed by atoms with Gasteiger partial charge in [0.1, 0.15) is 0 Å². The van der Waals surface area contributed by atoms with Gasteiger partial charge in [0.2, 0.25) is 0 Å². The van der Waals surface area contributed by atoms with Crippen LogP contribution >= 0.6 is 0 Å². The summed E-state index contributed by atoms with van der Waals surface area (Å²) in [6.07, 6.45) is 2.68. The summed E-state index contributed by atoms with van der Waals surface area (Å²) >= 11 is 0. The van der Waals surface area contributed by atoms with Gasteiger partial charge in [-0.2, -0.15) is 0 Å². The van der Waals surface area contributed by atoms with Gasteiger partial charge in [-0.15, -0.1) is 0 Å². The van der Waals surface area contributed by atoms with E-state index >= 15 is 4.39 Å². The predicted molar refractivity (Wildman–Crippen MR) is 74.7 cm³/mol. The van der Waals surface area contributed by atoms with Gasteiger partial charge in [0.05, 0.1) is 12.1 Å². The molecule has 2 rings (SSSR count). The molecule has 0 spiro atoms. The lowest BCUT2D eigenvalue weighted by atomic mass is 9.88. The SMILES string of the molecule is COCC(F)(CCCN)c1cccc2ncccc12. The molecule has 0 amide bonds. The van der Waals surface area contributed by atoms with E-state index in [4.69, 9.17) is 10.5 Å². The second-order valence-corrected chi connectivity index (χ2v) is 4.67. The zero-order valence-electron chi connectivity index (χ0n) is 11.1. The van der Waals surface area contributed by atoms with Crippen LogP contribution in [0.1, 0.15) is 18.4 Å². The first-order valence-corrected chi connectivity index (χ1v) is 6.43. The van der Waals surface area contributed by atoms with E-state index in [9.17, 15) is 0 Å². The largest absolute Gasteiger partial charge is 0.381 e. The molecule has 0 aliphatic heterocycles.